The minimum Gasteiger partial charge on any atom is -0.310 e. The van der Waals surface area contributed by atoms with E-state index in [4.69, 9.17) is 0 Å². The first-order chi connectivity index (χ1) is 12.1. The van der Waals surface area contributed by atoms with Crippen LogP contribution in [0.5, 0.6) is 0 Å². The summed E-state index contributed by atoms with van der Waals surface area (Å²) in [6.07, 6.45) is 2.99. The zero-order valence-electron chi connectivity index (χ0n) is 13.7. The third-order valence-corrected chi connectivity index (χ3v) is 5.35. The average molecular weight is 329 g/mol. The average Bonchev–Trinajstić information content (AvgIpc) is 3.10. The number of Topliss-reactive ketones (excluding diaryl/α,β-unsaturated/α-hetero) is 1. The number of anilines is 1. The van der Waals surface area contributed by atoms with E-state index in [2.05, 4.69) is 21.4 Å². The molecule has 2 aromatic heterocycles. The largest absolute Gasteiger partial charge is 0.310 e. The molecule has 3 heterocycles. The van der Waals surface area contributed by atoms with Crippen molar-refractivity contribution in [3.8, 4) is 0 Å². The van der Waals surface area contributed by atoms with E-state index >= 15 is 0 Å². The van der Waals surface area contributed by atoms with Crippen molar-refractivity contribution in [1.29, 1.82) is 0 Å². The van der Waals surface area contributed by atoms with Gasteiger partial charge in [0.1, 0.15) is 11.5 Å². The standard InChI is InChI=1S/C20H15N3O2/c1-11(24)16-5-4-12-7-13-9-20(10-14(13)8-17(12)22-16)15-3-2-6-21-18(15)23-19(20)25/h2-8H,9-10H2,1H3,(H,21,23,25). The van der Waals surface area contributed by atoms with Gasteiger partial charge in [-0.3, -0.25) is 9.59 Å². The molecule has 0 saturated carbocycles. The second kappa shape index (κ2) is 4.72. The van der Waals surface area contributed by atoms with Gasteiger partial charge in [0, 0.05) is 24.1 Å². The van der Waals surface area contributed by atoms with Crippen LogP contribution in [0.25, 0.3) is 10.9 Å². The molecule has 1 aliphatic heterocycles. The number of amides is 1. The molecule has 25 heavy (non-hydrogen) atoms. The molecule has 5 heteroatoms. The fourth-order valence-electron chi connectivity index (χ4n) is 4.09. The lowest BCUT2D eigenvalue weighted by Crippen LogP contribution is -2.35. The summed E-state index contributed by atoms with van der Waals surface area (Å²) in [7, 11) is 0. The zero-order chi connectivity index (χ0) is 17.2. The summed E-state index contributed by atoms with van der Waals surface area (Å²) in [4.78, 5) is 33.1. The fraction of sp³-hybridized carbons (Fsp3) is 0.200. The summed E-state index contributed by atoms with van der Waals surface area (Å²) in [6, 6.07) is 11.7. The molecule has 3 aromatic rings. The first kappa shape index (κ1) is 14.3. The normalized spacial score (nSPS) is 20.6. The molecule has 1 unspecified atom stereocenters. The van der Waals surface area contributed by atoms with E-state index in [1.807, 2.05) is 24.3 Å². The summed E-state index contributed by atoms with van der Waals surface area (Å²) in [6.45, 7) is 1.52. The SMILES string of the molecule is CC(=O)c1ccc2cc3c(cc2n1)CC1(C3)C(=O)Nc2ncccc21. The summed E-state index contributed by atoms with van der Waals surface area (Å²) in [5, 5.41) is 3.91. The Balaban J connectivity index is 1.66. The number of carbonyl (C=O) groups excluding carboxylic acids is 2. The Hall–Kier alpha value is -3.08. The topological polar surface area (TPSA) is 72.0 Å². The van der Waals surface area contributed by atoms with Gasteiger partial charge in [-0.05, 0) is 48.2 Å². The number of nitrogens with one attached hydrogen (secondary N) is 1. The monoisotopic (exact) mass is 329 g/mol. The molecule has 0 saturated heterocycles. The molecular formula is C20H15N3O2. The van der Waals surface area contributed by atoms with Crippen LogP contribution in [0, 0.1) is 0 Å². The smallest absolute Gasteiger partial charge is 0.237 e. The van der Waals surface area contributed by atoms with Gasteiger partial charge in [0.25, 0.3) is 0 Å². The number of hydrogen-bond acceptors (Lipinski definition) is 4. The van der Waals surface area contributed by atoms with E-state index in [-0.39, 0.29) is 11.7 Å². The molecule has 1 aromatic carbocycles. The molecule has 1 amide bonds. The van der Waals surface area contributed by atoms with Gasteiger partial charge in [-0.1, -0.05) is 12.1 Å². The molecule has 1 atom stereocenters. The molecular weight excluding hydrogens is 314 g/mol. The van der Waals surface area contributed by atoms with E-state index in [1.165, 1.54) is 6.92 Å². The van der Waals surface area contributed by atoms with Crippen LogP contribution in [-0.2, 0) is 23.1 Å². The Morgan fingerprint density at radius 1 is 1.16 bits per heavy atom. The van der Waals surface area contributed by atoms with Crippen molar-refractivity contribution in [1.82, 2.24) is 9.97 Å². The number of fused-ring (bicyclic) bond motifs is 4. The van der Waals surface area contributed by atoms with Gasteiger partial charge in [-0.2, -0.15) is 0 Å². The van der Waals surface area contributed by atoms with E-state index in [0.717, 1.165) is 27.6 Å². The first-order valence-electron chi connectivity index (χ1n) is 8.27. The Bertz CT molecular complexity index is 1090. The van der Waals surface area contributed by atoms with Gasteiger partial charge in [-0.15, -0.1) is 0 Å². The summed E-state index contributed by atoms with van der Waals surface area (Å²) >= 11 is 0. The van der Waals surface area contributed by atoms with Gasteiger partial charge in [0.15, 0.2) is 5.78 Å². The molecule has 5 rings (SSSR count). The van der Waals surface area contributed by atoms with Gasteiger partial charge >= 0.3 is 0 Å². The lowest BCUT2D eigenvalue weighted by atomic mass is 9.79. The lowest BCUT2D eigenvalue weighted by Gasteiger charge is -2.20. The number of aromatic nitrogens is 2. The van der Waals surface area contributed by atoms with Crippen molar-refractivity contribution in [3.05, 3.63) is 65.0 Å². The summed E-state index contributed by atoms with van der Waals surface area (Å²) in [5.41, 5.74) is 3.94. The van der Waals surface area contributed by atoms with Crippen molar-refractivity contribution in [3.63, 3.8) is 0 Å². The molecule has 0 bridgehead atoms. The maximum absolute atomic E-state index is 12.7. The number of nitrogens with zero attached hydrogens (tertiary/aromatic N) is 2. The number of hydrogen-bond donors (Lipinski definition) is 1. The van der Waals surface area contributed by atoms with Gasteiger partial charge < -0.3 is 5.32 Å². The van der Waals surface area contributed by atoms with Crippen LogP contribution in [0.1, 0.15) is 34.1 Å². The first-order valence-corrected chi connectivity index (χ1v) is 8.27. The molecule has 1 spiro atoms. The van der Waals surface area contributed by atoms with Crippen LogP contribution in [0.2, 0.25) is 0 Å². The van der Waals surface area contributed by atoms with Crippen molar-refractivity contribution in [2.75, 3.05) is 5.32 Å². The molecule has 5 nitrogen and oxygen atoms in total. The molecule has 1 aliphatic carbocycles. The number of rotatable bonds is 1. The summed E-state index contributed by atoms with van der Waals surface area (Å²) < 4.78 is 0. The van der Waals surface area contributed by atoms with Crippen LogP contribution in [-0.4, -0.2) is 21.7 Å². The molecule has 0 fully saturated rings. The quantitative estimate of drug-likeness (QED) is 0.697. The highest BCUT2D eigenvalue weighted by Gasteiger charge is 2.51. The van der Waals surface area contributed by atoms with Crippen LogP contribution >= 0.6 is 0 Å². The second-order valence-electron chi connectivity index (χ2n) is 6.86. The van der Waals surface area contributed by atoms with E-state index in [9.17, 15) is 9.59 Å². The Morgan fingerprint density at radius 3 is 2.76 bits per heavy atom. The highest BCUT2D eigenvalue weighted by Crippen LogP contribution is 2.47. The van der Waals surface area contributed by atoms with Crippen molar-refractivity contribution in [2.45, 2.75) is 25.2 Å². The van der Waals surface area contributed by atoms with Gasteiger partial charge in [0.2, 0.25) is 5.91 Å². The molecule has 1 N–H and O–H groups in total. The van der Waals surface area contributed by atoms with E-state index in [0.29, 0.717) is 24.4 Å². The van der Waals surface area contributed by atoms with Crippen molar-refractivity contribution < 1.29 is 9.59 Å². The minimum atomic E-state index is -0.577. The third-order valence-electron chi connectivity index (χ3n) is 5.35. The maximum atomic E-state index is 12.7. The second-order valence-corrected chi connectivity index (χ2v) is 6.86. The van der Waals surface area contributed by atoms with Crippen molar-refractivity contribution >= 4 is 28.4 Å². The molecule has 2 aliphatic rings. The van der Waals surface area contributed by atoms with Gasteiger partial charge in [0.05, 0.1) is 10.9 Å². The third kappa shape index (κ3) is 1.89. The Kier molecular flexibility index (Phi) is 2.70. The van der Waals surface area contributed by atoms with Crippen LogP contribution in [0.15, 0.2) is 42.6 Å². The number of benzene rings is 1. The fourth-order valence-corrected chi connectivity index (χ4v) is 4.09. The van der Waals surface area contributed by atoms with Crippen LogP contribution in [0.3, 0.4) is 0 Å². The van der Waals surface area contributed by atoms with Gasteiger partial charge in [-0.25, -0.2) is 9.97 Å². The predicted molar refractivity (Wildman–Crippen MR) is 93.7 cm³/mol. The Labute approximate surface area is 144 Å². The Morgan fingerprint density at radius 2 is 1.96 bits per heavy atom. The lowest BCUT2D eigenvalue weighted by molar-refractivity contribution is -0.120. The molecule has 0 radical (unpaired) electrons. The number of carbonyl (C=O) groups is 2. The number of pyridine rings is 2. The maximum Gasteiger partial charge on any atom is 0.237 e. The highest BCUT2D eigenvalue weighted by atomic mass is 16.2. The van der Waals surface area contributed by atoms with Crippen molar-refractivity contribution in [2.24, 2.45) is 0 Å². The highest BCUT2D eigenvalue weighted by molar-refractivity contribution is 6.06. The zero-order valence-corrected chi connectivity index (χ0v) is 13.7. The summed E-state index contributed by atoms with van der Waals surface area (Å²) in [5.74, 6) is 0.634. The minimum absolute atomic E-state index is 0.0128. The van der Waals surface area contributed by atoms with E-state index in [1.54, 1.807) is 12.3 Å². The predicted octanol–water partition coefficient (Wildman–Crippen LogP) is 2.82. The number of ketones is 1. The van der Waals surface area contributed by atoms with Crippen LogP contribution < -0.4 is 5.32 Å². The van der Waals surface area contributed by atoms with Crippen LogP contribution in [0.4, 0.5) is 5.82 Å². The molecule has 122 valence electrons. The van der Waals surface area contributed by atoms with E-state index < -0.39 is 5.41 Å².